The molecule has 1 unspecified atom stereocenters. The lowest BCUT2D eigenvalue weighted by Gasteiger charge is -2.28. The zero-order chi connectivity index (χ0) is 10.6. The van der Waals surface area contributed by atoms with Gasteiger partial charge in [0.25, 0.3) is 0 Å². The van der Waals surface area contributed by atoms with Crippen LogP contribution >= 0.6 is 0 Å². The molecule has 2 aliphatic heterocycles. The number of rotatable bonds is 0. The first-order valence-electron chi connectivity index (χ1n) is 5.00. The van der Waals surface area contributed by atoms with Crippen molar-refractivity contribution >= 4 is 21.6 Å². The SMILES string of the molecule is CC1Cc2cccc3c2N(C1)S(=O)(=O)N3. The Balaban J connectivity index is 2.27. The van der Waals surface area contributed by atoms with Crippen molar-refractivity contribution in [1.29, 1.82) is 0 Å². The summed E-state index contributed by atoms with van der Waals surface area (Å²) in [4.78, 5) is 0. The van der Waals surface area contributed by atoms with E-state index in [1.807, 2.05) is 18.2 Å². The second-order valence-corrected chi connectivity index (χ2v) is 5.86. The third kappa shape index (κ3) is 1.16. The summed E-state index contributed by atoms with van der Waals surface area (Å²) in [5.74, 6) is 0.377. The van der Waals surface area contributed by atoms with E-state index in [1.54, 1.807) is 0 Å². The molecule has 1 aromatic rings. The molecule has 1 atom stereocenters. The molecule has 2 heterocycles. The minimum atomic E-state index is -3.32. The molecular weight excluding hydrogens is 212 g/mol. The van der Waals surface area contributed by atoms with Crippen LogP contribution in [0.1, 0.15) is 12.5 Å². The van der Waals surface area contributed by atoms with Crippen LogP contribution in [0, 0.1) is 5.92 Å². The Morgan fingerprint density at radius 2 is 2.27 bits per heavy atom. The van der Waals surface area contributed by atoms with Crippen LogP contribution in [0.25, 0.3) is 0 Å². The summed E-state index contributed by atoms with van der Waals surface area (Å²) in [5, 5.41) is 0. The van der Waals surface area contributed by atoms with E-state index in [0.717, 1.165) is 23.4 Å². The van der Waals surface area contributed by atoms with Crippen LogP contribution in [0.5, 0.6) is 0 Å². The third-order valence-corrected chi connectivity index (χ3v) is 4.33. The minimum Gasteiger partial charge on any atom is -0.264 e. The maximum Gasteiger partial charge on any atom is 0.324 e. The molecule has 5 heteroatoms. The van der Waals surface area contributed by atoms with Gasteiger partial charge in [0.15, 0.2) is 0 Å². The largest absolute Gasteiger partial charge is 0.324 e. The summed E-state index contributed by atoms with van der Waals surface area (Å²) < 4.78 is 27.7. The van der Waals surface area contributed by atoms with Gasteiger partial charge in [0.2, 0.25) is 0 Å². The standard InChI is InChI=1S/C10H12N2O2S/c1-7-5-8-3-2-4-9-10(8)12(6-7)15(13,14)11-9/h2-4,7,11H,5-6H2,1H3. The Morgan fingerprint density at radius 1 is 1.47 bits per heavy atom. The maximum atomic E-state index is 11.8. The Kier molecular flexibility index (Phi) is 1.60. The van der Waals surface area contributed by atoms with Gasteiger partial charge >= 0.3 is 10.2 Å². The predicted molar refractivity (Wildman–Crippen MR) is 59.2 cm³/mol. The number of nitrogens with zero attached hydrogens (tertiary/aromatic N) is 1. The predicted octanol–water partition coefficient (Wildman–Crippen LogP) is 1.36. The summed E-state index contributed by atoms with van der Waals surface area (Å²) in [6.07, 6.45) is 0.955. The van der Waals surface area contributed by atoms with Crippen molar-refractivity contribution in [3.8, 4) is 0 Å². The molecule has 1 aromatic carbocycles. The molecule has 0 spiro atoms. The monoisotopic (exact) mass is 224 g/mol. The van der Waals surface area contributed by atoms with Crippen LogP contribution in [-0.4, -0.2) is 15.0 Å². The van der Waals surface area contributed by atoms with Crippen LogP contribution in [0.2, 0.25) is 0 Å². The maximum absolute atomic E-state index is 11.8. The second kappa shape index (κ2) is 2.66. The molecule has 0 bridgehead atoms. The first-order valence-corrected chi connectivity index (χ1v) is 6.44. The molecule has 0 amide bonds. The van der Waals surface area contributed by atoms with Crippen molar-refractivity contribution in [2.24, 2.45) is 5.92 Å². The highest BCUT2D eigenvalue weighted by atomic mass is 32.2. The van der Waals surface area contributed by atoms with Gasteiger partial charge in [0, 0.05) is 6.54 Å². The van der Waals surface area contributed by atoms with Crippen molar-refractivity contribution in [2.45, 2.75) is 13.3 Å². The summed E-state index contributed by atoms with van der Waals surface area (Å²) >= 11 is 0. The van der Waals surface area contributed by atoms with Crippen LogP contribution < -0.4 is 9.03 Å². The average Bonchev–Trinajstić information content (AvgIpc) is 2.39. The van der Waals surface area contributed by atoms with E-state index in [1.165, 1.54) is 4.31 Å². The molecule has 2 aliphatic rings. The van der Waals surface area contributed by atoms with E-state index in [-0.39, 0.29) is 0 Å². The molecule has 0 saturated carbocycles. The van der Waals surface area contributed by atoms with Crippen LogP contribution in [0.4, 0.5) is 11.4 Å². The van der Waals surface area contributed by atoms with E-state index < -0.39 is 10.2 Å². The fourth-order valence-electron chi connectivity index (χ4n) is 2.36. The summed E-state index contributed by atoms with van der Waals surface area (Å²) in [6.45, 7) is 2.66. The van der Waals surface area contributed by atoms with E-state index in [9.17, 15) is 8.42 Å². The molecule has 1 N–H and O–H groups in total. The van der Waals surface area contributed by atoms with Crippen LogP contribution in [-0.2, 0) is 16.6 Å². The van der Waals surface area contributed by atoms with Gasteiger partial charge < -0.3 is 0 Å². The quantitative estimate of drug-likeness (QED) is 0.723. The Labute approximate surface area is 89.1 Å². The van der Waals surface area contributed by atoms with Gasteiger partial charge in [-0.2, -0.15) is 8.42 Å². The van der Waals surface area contributed by atoms with Crippen LogP contribution in [0.15, 0.2) is 18.2 Å². The number of anilines is 2. The molecular formula is C10H12N2O2S. The topological polar surface area (TPSA) is 49.4 Å². The van der Waals surface area contributed by atoms with Crippen molar-refractivity contribution in [3.63, 3.8) is 0 Å². The Hall–Kier alpha value is -1.23. The Bertz CT molecular complexity index is 524. The van der Waals surface area contributed by atoms with E-state index >= 15 is 0 Å². The molecule has 15 heavy (non-hydrogen) atoms. The first-order chi connectivity index (χ1) is 7.08. The number of nitrogens with one attached hydrogen (secondary N) is 1. The lowest BCUT2D eigenvalue weighted by atomic mass is 9.95. The number of hydrogen-bond acceptors (Lipinski definition) is 2. The molecule has 0 aliphatic carbocycles. The lowest BCUT2D eigenvalue weighted by Crippen LogP contribution is -2.37. The van der Waals surface area contributed by atoms with Crippen molar-refractivity contribution < 1.29 is 8.42 Å². The third-order valence-electron chi connectivity index (χ3n) is 2.94. The van der Waals surface area contributed by atoms with Gasteiger partial charge in [-0.25, -0.2) is 0 Å². The highest BCUT2D eigenvalue weighted by Gasteiger charge is 2.38. The van der Waals surface area contributed by atoms with E-state index in [4.69, 9.17) is 0 Å². The summed E-state index contributed by atoms with van der Waals surface area (Å²) in [7, 11) is -3.32. The van der Waals surface area contributed by atoms with Crippen LogP contribution in [0.3, 0.4) is 0 Å². The average molecular weight is 224 g/mol. The van der Waals surface area contributed by atoms with Gasteiger partial charge in [0.05, 0.1) is 11.4 Å². The summed E-state index contributed by atoms with van der Waals surface area (Å²) in [6, 6.07) is 5.72. The highest BCUT2D eigenvalue weighted by molar-refractivity contribution is 7.94. The van der Waals surface area contributed by atoms with Gasteiger partial charge in [-0.1, -0.05) is 19.1 Å². The first kappa shape index (κ1) is 9.03. The normalized spacial score (nSPS) is 25.9. The molecule has 0 radical (unpaired) electrons. The summed E-state index contributed by atoms with van der Waals surface area (Å²) in [5.41, 5.74) is 2.70. The molecule has 0 aromatic heterocycles. The fraction of sp³-hybridized carbons (Fsp3) is 0.400. The van der Waals surface area contributed by atoms with Crippen molar-refractivity contribution in [1.82, 2.24) is 0 Å². The van der Waals surface area contributed by atoms with Gasteiger partial charge in [-0.05, 0) is 24.0 Å². The molecule has 80 valence electrons. The van der Waals surface area contributed by atoms with E-state index in [2.05, 4.69) is 11.6 Å². The lowest BCUT2D eigenvalue weighted by molar-refractivity contribution is 0.551. The number of para-hydroxylation sites is 1. The molecule has 0 saturated heterocycles. The fourth-order valence-corrected chi connectivity index (χ4v) is 3.82. The Morgan fingerprint density at radius 3 is 3.07 bits per heavy atom. The van der Waals surface area contributed by atoms with E-state index in [0.29, 0.717) is 12.5 Å². The van der Waals surface area contributed by atoms with Crippen molar-refractivity contribution in [2.75, 3.05) is 15.6 Å². The zero-order valence-electron chi connectivity index (χ0n) is 8.40. The number of benzene rings is 1. The molecule has 3 rings (SSSR count). The highest BCUT2D eigenvalue weighted by Crippen LogP contribution is 2.42. The molecule has 0 fully saturated rings. The second-order valence-electron chi connectivity index (χ2n) is 4.26. The smallest absolute Gasteiger partial charge is 0.264 e. The van der Waals surface area contributed by atoms with Gasteiger partial charge in [-0.3, -0.25) is 9.03 Å². The minimum absolute atomic E-state index is 0.377. The zero-order valence-corrected chi connectivity index (χ0v) is 9.21. The van der Waals surface area contributed by atoms with Gasteiger partial charge in [-0.15, -0.1) is 0 Å². The van der Waals surface area contributed by atoms with Crippen molar-refractivity contribution in [3.05, 3.63) is 23.8 Å². The number of hydrogen-bond donors (Lipinski definition) is 1. The van der Waals surface area contributed by atoms with Gasteiger partial charge in [0.1, 0.15) is 0 Å². The molecule has 4 nitrogen and oxygen atoms in total.